The number of nitrogens with two attached hydrogens (primary N) is 1. The molecule has 0 amide bonds. The van der Waals surface area contributed by atoms with Crippen molar-refractivity contribution in [1.29, 1.82) is 0 Å². The van der Waals surface area contributed by atoms with Crippen LogP contribution in [0.3, 0.4) is 0 Å². The summed E-state index contributed by atoms with van der Waals surface area (Å²) in [4.78, 5) is 6.15. The highest BCUT2D eigenvalue weighted by Gasteiger charge is 2.26. The largest absolute Gasteiger partial charge is 0.389 e. The van der Waals surface area contributed by atoms with Crippen LogP contribution >= 0.6 is 0 Å². The van der Waals surface area contributed by atoms with Crippen LogP contribution in [0.2, 0.25) is 0 Å². The van der Waals surface area contributed by atoms with Crippen molar-refractivity contribution in [2.24, 2.45) is 0 Å². The zero-order valence-electron chi connectivity index (χ0n) is 6.15. The Morgan fingerprint density at radius 2 is 2.17 bits per heavy atom. The normalized spacial score (nSPS) is 11.9. The number of nitrogens with one attached hydrogen (secondary N) is 1. The first-order chi connectivity index (χ1) is 5.47. The molecule has 12 heavy (non-hydrogen) atoms. The van der Waals surface area contributed by atoms with E-state index in [-0.39, 0.29) is 18.1 Å². The molecule has 0 aromatic carbocycles. The molecule has 0 radical (unpaired) electrons. The first kappa shape index (κ1) is 8.89. The zero-order valence-corrected chi connectivity index (χ0v) is 6.15. The molecule has 6 heteroatoms. The Kier molecular flexibility index (Phi) is 2.25. The summed E-state index contributed by atoms with van der Waals surface area (Å²) in [6.45, 7) is 0. The fourth-order valence-electron chi connectivity index (χ4n) is 0.766. The van der Waals surface area contributed by atoms with Crippen molar-refractivity contribution >= 4 is 5.82 Å². The second-order valence-corrected chi connectivity index (χ2v) is 2.40. The minimum Gasteiger partial charge on any atom is -0.384 e. The molecule has 68 valence electrons. The summed E-state index contributed by atoms with van der Waals surface area (Å²) >= 11 is 0. The second kappa shape index (κ2) is 3.04. The van der Waals surface area contributed by atoms with Gasteiger partial charge in [0.1, 0.15) is 11.6 Å². The molecule has 0 unspecified atom stereocenters. The zero-order chi connectivity index (χ0) is 9.19. The van der Waals surface area contributed by atoms with E-state index in [9.17, 15) is 13.2 Å². The number of alkyl halides is 3. The highest BCUT2D eigenvalue weighted by molar-refractivity contribution is 5.24. The number of halogens is 3. The van der Waals surface area contributed by atoms with Gasteiger partial charge in [-0.3, -0.25) is 0 Å². The molecular weight excluding hydrogens is 171 g/mol. The number of H-pyrrole nitrogens is 1. The van der Waals surface area contributed by atoms with Crippen LogP contribution in [0.15, 0.2) is 6.20 Å². The minimum atomic E-state index is -4.14. The number of aromatic nitrogens is 2. The van der Waals surface area contributed by atoms with Gasteiger partial charge in [-0.15, -0.1) is 0 Å². The van der Waals surface area contributed by atoms with Crippen molar-refractivity contribution < 1.29 is 13.2 Å². The summed E-state index contributed by atoms with van der Waals surface area (Å²) in [5.74, 6) is 0.553. The third-order valence-electron chi connectivity index (χ3n) is 1.29. The quantitative estimate of drug-likeness (QED) is 0.722. The highest BCUT2D eigenvalue weighted by atomic mass is 19.4. The summed E-state index contributed by atoms with van der Waals surface area (Å²) in [5, 5.41) is 0. The van der Waals surface area contributed by atoms with Gasteiger partial charge < -0.3 is 10.7 Å². The molecule has 0 saturated carbocycles. The van der Waals surface area contributed by atoms with Crippen LogP contribution < -0.4 is 5.73 Å². The van der Waals surface area contributed by atoms with Gasteiger partial charge in [0.15, 0.2) is 0 Å². The summed E-state index contributed by atoms with van der Waals surface area (Å²) in [6, 6.07) is 0. The van der Waals surface area contributed by atoms with Crippen molar-refractivity contribution in [2.45, 2.75) is 19.0 Å². The van der Waals surface area contributed by atoms with E-state index in [4.69, 9.17) is 5.73 Å². The van der Waals surface area contributed by atoms with Crippen LogP contribution in [0.5, 0.6) is 0 Å². The molecule has 0 fully saturated rings. The van der Waals surface area contributed by atoms with Crippen LogP contribution in [0.4, 0.5) is 19.0 Å². The molecule has 1 aromatic heterocycles. The molecule has 1 heterocycles. The fourth-order valence-corrected chi connectivity index (χ4v) is 0.766. The highest BCUT2D eigenvalue weighted by Crippen LogP contribution is 2.21. The van der Waals surface area contributed by atoms with Gasteiger partial charge in [0, 0.05) is 6.42 Å². The smallest absolute Gasteiger partial charge is 0.384 e. The molecule has 0 aliphatic rings. The Hall–Kier alpha value is -1.20. The van der Waals surface area contributed by atoms with Crippen molar-refractivity contribution in [3.8, 4) is 0 Å². The minimum absolute atomic E-state index is 0.152. The average Bonchev–Trinajstić information content (AvgIpc) is 2.30. The summed E-state index contributed by atoms with van der Waals surface area (Å²) in [5.41, 5.74) is 5.22. The number of aromatic amines is 1. The van der Waals surface area contributed by atoms with E-state index in [1.807, 2.05) is 0 Å². The summed E-state index contributed by atoms with van der Waals surface area (Å²) in [6.07, 6.45) is -3.87. The Labute approximate surface area is 66.8 Å². The number of anilines is 1. The molecule has 3 N–H and O–H groups in total. The van der Waals surface area contributed by atoms with E-state index in [2.05, 4.69) is 9.97 Å². The average molecular weight is 179 g/mol. The van der Waals surface area contributed by atoms with Crippen LogP contribution in [-0.4, -0.2) is 16.1 Å². The Balaban J connectivity index is 2.44. The SMILES string of the molecule is Nc1cnc(CCC(F)(F)F)[nH]1. The lowest BCUT2D eigenvalue weighted by Crippen LogP contribution is -2.09. The van der Waals surface area contributed by atoms with Crippen LogP contribution in [-0.2, 0) is 6.42 Å². The summed E-state index contributed by atoms with van der Waals surface area (Å²) < 4.78 is 35.0. The Bertz CT molecular complexity index is 253. The van der Waals surface area contributed by atoms with Crippen LogP contribution in [0.1, 0.15) is 12.2 Å². The van der Waals surface area contributed by atoms with Crippen molar-refractivity contribution in [1.82, 2.24) is 9.97 Å². The topological polar surface area (TPSA) is 54.7 Å². The predicted molar refractivity (Wildman–Crippen MR) is 37.4 cm³/mol. The number of nitrogens with zero attached hydrogens (tertiary/aromatic N) is 1. The number of imidazole rings is 1. The number of nitrogen functional groups attached to an aromatic ring is 1. The number of aryl methyl sites for hydroxylation is 1. The van der Waals surface area contributed by atoms with Gasteiger partial charge in [-0.2, -0.15) is 13.2 Å². The maximum absolute atomic E-state index is 11.7. The molecule has 0 aliphatic carbocycles. The van der Waals surface area contributed by atoms with Gasteiger partial charge in [0.05, 0.1) is 12.6 Å². The maximum atomic E-state index is 11.7. The van der Waals surface area contributed by atoms with Crippen molar-refractivity contribution in [3.63, 3.8) is 0 Å². The molecule has 0 aliphatic heterocycles. The van der Waals surface area contributed by atoms with E-state index >= 15 is 0 Å². The summed E-state index contributed by atoms with van der Waals surface area (Å²) in [7, 11) is 0. The fraction of sp³-hybridized carbons (Fsp3) is 0.500. The lowest BCUT2D eigenvalue weighted by Gasteiger charge is -2.02. The lowest BCUT2D eigenvalue weighted by molar-refractivity contribution is -0.134. The van der Waals surface area contributed by atoms with Crippen molar-refractivity contribution in [2.75, 3.05) is 5.73 Å². The molecule has 0 saturated heterocycles. The standard InChI is InChI=1S/C6H8F3N3/c7-6(8,9)2-1-5-11-3-4(10)12-5/h3H,1-2,10H2,(H,11,12). The third-order valence-corrected chi connectivity index (χ3v) is 1.29. The Morgan fingerprint density at radius 1 is 1.50 bits per heavy atom. The molecule has 1 aromatic rings. The van der Waals surface area contributed by atoms with Crippen LogP contribution in [0, 0.1) is 0 Å². The maximum Gasteiger partial charge on any atom is 0.389 e. The molecule has 0 atom stereocenters. The molecular formula is C6H8F3N3. The van der Waals surface area contributed by atoms with Gasteiger partial charge >= 0.3 is 6.18 Å². The van der Waals surface area contributed by atoms with Gasteiger partial charge in [0.2, 0.25) is 0 Å². The molecule has 1 rings (SSSR count). The van der Waals surface area contributed by atoms with Gasteiger partial charge in [-0.1, -0.05) is 0 Å². The van der Waals surface area contributed by atoms with Gasteiger partial charge in [-0.05, 0) is 0 Å². The van der Waals surface area contributed by atoms with E-state index in [0.717, 1.165) is 0 Å². The molecule has 0 spiro atoms. The first-order valence-electron chi connectivity index (χ1n) is 3.33. The van der Waals surface area contributed by atoms with E-state index in [1.54, 1.807) is 0 Å². The van der Waals surface area contributed by atoms with E-state index < -0.39 is 12.6 Å². The molecule has 0 bridgehead atoms. The lowest BCUT2D eigenvalue weighted by atomic mass is 10.3. The predicted octanol–water partition coefficient (Wildman–Crippen LogP) is 1.49. The first-order valence-corrected chi connectivity index (χ1v) is 3.33. The number of rotatable bonds is 2. The van der Waals surface area contributed by atoms with E-state index in [1.165, 1.54) is 6.20 Å². The van der Waals surface area contributed by atoms with Gasteiger partial charge in [0.25, 0.3) is 0 Å². The third kappa shape index (κ3) is 2.81. The van der Waals surface area contributed by atoms with Crippen molar-refractivity contribution in [3.05, 3.63) is 12.0 Å². The van der Waals surface area contributed by atoms with Crippen LogP contribution in [0.25, 0.3) is 0 Å². The monoisotopic (exact) mass is 179 g/mol. The second-order valence-electron chi connectivity index (χ2n) is 2.40. The number of hydrogen-bond acceptors (Lipinski definition) is 2. The van der Waals surface area contributed by atoms with E-state index in [0.29, 0.717) is 0 Å². The Morgan fingerprint density at radius 3 is 2.58 bits per heavy atom. The molecule has 3 nitrogen and oxygen atoms in total. The number of hydrogen-bond donors (Lipinski definition) is 2. The van der Waals surface area contributed by atoms with Gasteiger partial charge in [-0.25, -0.2) is 4.98 Å².